The van der Waals surface area contributed by atoms with Crippen molar-refractivity contribution in [1.29, 1.82) is 0 Å². The Labute approximate surface area is 131 Å². The van der Waals surface area contributed by atoms with Crippen LogP contribution in [-0.4, -0.2) is 45.1 Å². The van der Waals surface area contributed by atoms with Crippen LogP contribution in [0.25, 0.3) is 5.82 Å². The minimum Gasteiger partial charge on any atom is -0.468 e. The molecule has 9 heteroatoms. The van der Waals surface area contributed by atoms with E-state index in [9.17, 15) is 14.4 Å². The quantitative estimate of drug-likeness (QED) is 0.733. The number of aryl methyl sites for hydroxylation is 2. The number of ether oxygens (including phenoxy) is 1. The van der Waals surface area contributed by atoms with Crippen LogP contribution < -0.4 is 10.9 Å². The van der Waals surface area contributed by atoms with Crippen molar-refractivity contribution >= 4 is 11.9 Å². The van der Waals surface area contributed by atoms with Crippen LogP contribution in [0.5, 0.6) is 0 Å². The number of nitrogens with one attached hydrogen (secondary N) is 1. The van der Waals surface area contributed by atoms with Gasteiger partial charge in [0.25, 0.3) is 5.56 Å². The molecule has 1 N–H and O–H groups in total. The molecule has 0 aromatic carbocycles. The molecular weight excluding hydrogens is 302 g/mol. The third-order valence-corrected chi connectivity index (χ3v) is 3.03. The number of amides is 1. The van der Waals surface area contributed by atoms with E-state index in [1.54, 1.807) is 4.68 Å². The lowest BCUT2D eigenvalue weighted by Gasteiger charge is -2.08. The summed E-state index contributed by atoms with van der Waals surface area (Å²) in [6.45, 7) is 3.14. The fourth-order valence-electron chi connectivity index (χ4n) is 1.96. The Hall–Kier alpha value is -2.97. The van der Waals surface area contributed by atoms with E-state index in [1.807, 2.05) is 19.9 Å². The van der Waals surface area contributed by atoms with Crippen LogP contribution in [0.1, 0.15) is 11.4 Å². The van der Waals surface area contributed by atoms with Gasteiger partial charge in [0.05, 0.1) is 12.8 Å². The molecule has 0 saturated carbocycles. The van der Waals surface area contributed by atoms with E-state index in [0.717, 1.165) is 16.1 Å². The summed E-state index contributed by atoms with van der Waals surface area (Å²) in [5.41, 5.74) is 1.25. The third-order valence-electron chi connectivity index (χ3n) is 3.03. The van der Waals surface area contributed by atoms with Crippen molar-refractivity contribution < 1.29 is 14.3 Å². The topological polar surface area (TPSA) is 108 Å². The van der Waals surface area contributed by atoms with E-state index >= 15 is 0 Å². The molecule has 2 aromatic rings. The molecule has 122 valence electrons. The molecule has 0 unspecified atom stereocenters. The third kappa shape index (κ3) is 4.02. The molecule has 2 rings (SSSR count). The molecule has 23 heavy (non-hydrogen) atoms. The molecule has 0 radical (unpaired) electrons. The number of rotatable bonds is 5. The first kappa shape index (κ1) is 16.4. The number of aromatic nitrogens is 4. The van der Waals surface area contributed by atoms with E-state index in [0.29, 0.717) is 5.82 Å². The standard InChI is InChI=1S/C14H17N5O4/c1-9-6-10(2)19(16-9)11-4-5-13(21)18(17-11)8-12(20)15-7-14(22)23-3/h4-6H,7-8H2,1-3H3,(H,15,20). The smallest absolute Gasteiger partial charge is 0.325 e. The lowest BCUT2D eigenvalue weighted by molar-refractivity contribution is -0.141. The van der Waals surface area contributed by atoms with Crippen LogP contribution >= 0.6 is 0 Å². The molecule has 0 aliphatic rings. The maximum absolute atomic E-state index is 11.8. The molecule has 2 heterocycles. The number of hydrogen-bond acceptors (Lipinski definition) is 6. The molecule has 0 bridgehead atoms. The first-order valence-electron chi connectivity index (χ1n) is 6.86. The fourth-order valence-corrected chi connectivity index (χ4v) is 1.96. The first-order valence-corrected chi connectivity index (χ1v) is 6.86. The van der Waals surface area contributed by atoms with Crippen LogP contribution in [0.4, 0.5) is 0 Å². The van der Waals surface area contributed by atoms with Gasteiger partial charge in [-0.05, 0) is 26.0 Å². The fraction of sp³-hybridized carbons (Fsp3) is 0.357. The highest BCUT2D eigenvalue weighted by Gasteiger charge is 2.11. The molecular formula is C14H17N5O4. The molecule has 0 atom stereocenters. The lowest BCUT2D eigenvalue weighted by atomic mass is 10.4. The monoisotopic (exact) mass is 319 g/mol. The minimum atomic E-state index is -0.574. The van der Waals surface area contributed by atoms with E-state index < -0.39 is 17.4 Å². The summed E-state index contributed by atoms with van der Waals surface area (Å²) in [6.07, 6.45) is 0. The summed E-state index contributed by atoms with van der Waals surface area (Å²) in [4.78, 5) is 34.6. The SMILES string of the molecule is COC(=O)CNC(=O)Cn1nc(-n2nc(C)cc2C)ccc1=O. The summed E-state index contributed by atoms with van der Waals surface area (Å²) in [5.74, 6) is -0.665. The molecule has 0 fully saturated rings. The Bertz CT molecular complexity index is 793. The number of hydrogen-bond donors (Lipinski definition) is 1. The number of carbonyl (C=O) groups is 2. The Balaban J connectivity index is 2.18. The van der Waals surface area contributed by atoms with E-state index in [1.165, 1.54) is 19.2 Å². The van der Waals surface area contributed by atoms with Crippen molar-refractivity contribution in [2.75, 3.05) is 13.7 Å². The number of esters is 1. The Morgan fingerprint density at radius 1 is 1.26 bits per heavy atom. The average molecular weight is 319 g/mol. The molecule has 2 aromatic heterocycles. The summed E-state index contributed by atoms with van der Waals surface area (Å²) < 4.78 is 7.01. The molecule has 9 nitrogen and oxygen atoms in total. The van der Waals surface area contributed by atoms with Gasteiger partial charge in [-0.3, -0.25) is 14.4 Å². The predicted molar refractivity (Wildman–Crippen MR) is 80.1 cm³/mol. The van der Waals surface area contributed by atoms with Gasteiger partial charge in [-0.15, -0.1) is 5.10 Å². The normalized spacial score (nSPS) is 10.4. The highest BCUT2D eigenvalue weighted by atomic mass is 16.5. The zero-order chi connectivity index (χ0) is 17.0. The molecule has 0 saturated heterocycles. The van der Waals surface area contributed by atoms with Gasteiger partial charge < -0.3 is 10.1 Å². The Kier molecular flexibility index (Phi) is 4.89. The van der Waals surface area contributed by atoms with Crippen molar-refractivity contribution in [2.45, 2.75) is 20.4 Å². The van der Waals surface area contributed by atoms with Crippen LogP contribution in [0.2, 0.25) is 0 Å². The molecule has 0 spiro atoms. The Morgan fingerprint density at radius 2 is 2.00 bits per heavy atom. The Morgan fingerprint density at radius 3 is 2.61 bits per heavy atom. The van der Waals surface area contributed by atoms with Gasteiger partial charge >= 0.3 is 5.97 Å². The van der Waals surface area contributed by atoms with Crippen molar-refractivity contribution in [3.05, 3.63) is 39.9 Å². The van der Waals surface area contributed by atoms with Gasteiger partial charge in [0.2, 0.25) is 5.91 Å². The van der Waals surface area contributed by atoms with Crippen LogP contribution in [-0.2, 0) is 20.9 Å². The van der Waals surface area contributed by atoms with Gasteiger partial charge in [-0.1, -0.05) is 0 Å². The van der Waals surface area contributed by atoms with Crippen molar-refractivity contribution in [2.24, 2.45) is 0 Å². The second kappa shape index (κ2) is 6.86. The van der Waals surface area contributed by atoms with Gasteiger partial charge in [0.1, 0.15) is 13.1 Å². The van der Waals surface area contributed by atoms with Crippen LogP contribution in [0, 0.1) is 13.8 Å². The maximum Gasteiger partial charge on any atom is 0.325 e. The van der Waals surface area contributed by atoms with E-state index in [4.69, 9.17) is 0 Å². The van der Waals surface area contributed by atoms with Gasteiger partial charge in [0, 0.05) is 11.8 Å². The van der Waals surface area contributed by atoms with E-state index in [-0.39, 0.29) is 13.1 Å². The van der Waals surface area contributed by atoms with Gasteiger partial charge in [-0.2, -0.15) is 5.10 Å². The van der Waals surface area contributed by atoms with Crippen molar-refractivity contribution in [3.8, 4) is 5.82 Å². The molecule has 1 amide bonds. The highest BCUT2D eigenvalue weighted by molar-refractivity contribution is 5.81. The average Bonchev–Trinajstić information content (AvgIpc) is 2.85. The maximum atomic E-state index is 11.8. The zero-order valence-corrected chi connectivity index (χ0v) is 13.1. The second-order valence-corrected chi connectivity index (χ2v) is 4.88. The zero-order valence-electron chi connectivity index (χ0n) is 13.1. The largest absolute Gasteiger partial charge is 0.468 e. The van der Waals surface area contributed by atoms with Crippen molar-refractivity contribution in [1.82, 2.24) is 24.9 Å². The van der Waals surface area contributed by atoms with Crippen LogP contribution in [0.15, 0.2) is 23.0 Å². The second-order valence-electron chi connectivity index (χ2n) is 4.88. The summed E-state index contributed by atoms with van der Waals surface area (Å²) >= 11 is 0. The number of nitrogens with zero attached hydrogens (tertiary/aromatic N) is 4. The van der Waals surface area contributed by atoms with Crippen molar-refractivity contribution in [3.63, 3.8) is 0 Å². The lowest BCUT2D eigenvalue weighted by Crippen LogP contribution is -2.36. The van der Waals surface area contributed by atoms with Gasteiger partial charge in [0.15, 0.2) is 5.82 Å². The predicted octanol–water partition coefficient (Wildman–Crippen LogP) is -0.665. The van der Waals surface area contributed by atoms with E-state index in [2.05, 4.69) is 20.3 Å². The van der Waals surface area contributed by atoms with Crippen LogP contribution in [0.3, 0.4) is 0 Å². The molecule has 0 aliphatic carbocycles. The summed E-state index contributed by atoms with van der Waals surface area (Å²) in [7, 11) is 1.22. The number of methoxy groups -OCH3 is 1. The first-order chi connectivity index (χ1) is 10.9. The minimum absolute atomic E-state index is 0.263. The number of carbonyl (C=O) groups excluding carboxylic acids is 2. The summed E-state index contributed by atoms with van der Waals surface area (Å²) in [5, 5.41) is 10.8. The highest BCUT2D eigenvalue weighted by Crippen LogP contribution is 2.07. The summed E-state index contributed by atoms with van der Waals surface area (Å²) in [6, 6.07) is 4.72. The molecule has 0 aliphatic heterocycles. The van der Waals surface area contributed by atoms with Gasteiger partial charge in [-0.25, -0.2) is 9.36 Å².